The molecule has 8 nitrogen and oxygen atoms in total. The highest BCUT2D eigenvalue weighted by Gasteiger charge is 2.22. The van der Waals surface area contributed by atoms with Gasteiger partial charge < -0.3 is 10.1 Å². The number of hydrogen-bond acceptors (Lipinski definition) is 7. The van der Waals surface area contributed by atoms with Crippen LogP contribution in [0, 0.1) is 17.5 Å². The third kappa shape index (κ3) is 5.42. The van der Waals surface area contributed by atoms with Gasteiger partial charge in [-0.25, -0.2) is 31.6 Å². The van der Waals surface area contributed by atoms with Crippen molar-refractivity contribution in [3.05, 3.63) is 95.5 Å². The second kappa shape index (κ2) is 10.4. The Hall–Kier alpha value is -4.42. The summed E-state index contributed by atoms with van der Waals surface area (Å²) in [5, 5.41) is 3.09. The number of fused-ring (bicyclic) bond motifs is 1. The molecule has 0 saturated heterocycles. The minimum atomic E-state index is -4.46. The van der Waals surface area contributed by atoms with Crippen LogP contribution in [-0.4, -0.2) is 30.5 Å². The maximum atomic E-state index is 14.2. The molecule has 5 aromatic rings. The Balaban J connectivity index is 1.53. The lowest BCUT2D eigenvalue weighted by Crippen LogP contribution is -2.16. The molecule has 0 unspecified atom stereocenters. The molecule has 3 heterocycles. The summed E-state index contributed by atoms with van der Waals surface area (Å²) in [7, 11) is -3.17. The van der Waals surface area contributed by atoms with Crippen LogP contribution in [0.25, 0.3) is 22.3 Å². The average Bonchev–Trinajstić information content (AvgIpc) is 2.90. The van der Waals surface area contributed by atoms with E-state index in [0.29, 0.717) is 39.7 Å². The molecule has 0 amide bonds. The van der Waals surface area contributed by atoms with E-state index in [1.54, 1.807) is 24.4 Å². The SMILES string of the molecule is COc1ncc(-c2ccc3nccc(Nc4ccc(F)c(Cl)c4)c3n2)cc1NS(=O)(=O)c1ccc(F)cc1F. The highest BCUT2D eigenvalue weighted by Crippen LogP contribution is 2.32. The Morgan fingerprint density at radius 1 is 0.897 bits per heavy atom. The molecule has 0 aliphatic rings. The van der Waals surface area contributed by atoms with Crippen molar-refractivity contribution in [2.24, 2.45) is 0 Å². The van der Waals surface area contributed by atoms with Crippen molar-refractivity contribution in [3.63, 3.8) is 0 Å². The molecule has 0 atom stereocenters. The number of anilines is 3. The Morgan fingerprint density at radius 2 is 1.72 bits per heavy atom. The highest BCUT2D eigenvalue weighted by molar-refractivity contribution is 7.92. The predicted octanol–water partition coefficient (Wildman–Crippen LogP) is 6.32. The Morgan fingerprint density at radius 3 is 2.46 bits per heavy atom. The fourth-order valence-electron chi connectivity index (χ4n) is 3.74. The second-order valence-corrected chi connectivity index (χ2v) is 10.2. The van der Waals surface area contributed by atoms with E-state index in [2.05, 4.69) is 25.0 Å². The van der Waals surface area contributed by atoms with E-state index >= 15 is 0 Å². The number of methoxy groups -OCH3 is 1. The molecule has 0 bridgehead atoms. The molecular weight excluding hydrogens is 555 g/mol. The molecule has 198 valence electrons. The number of aromatic nitrogens is 3. The number of nitrogens with one attached hydrogen (secondary N) is 2. The lowest BCUT2D eigenvalue weighted by Gasteiger charge is -2.14. The fraction of sp³-hybridized carbons (Fsp3) is 0.0385. The third-order valence-corrected chi connectivity index (χ3v) is 7.24. The molecular formula is C26H17ClF3N5O3S. The zero-order chi connectivity index (χ0) is 27.7. The molecule has 39 heavy (non-hydrogen) atoms. The number of pyridine rings is 3. The average molecular weight is 572 g/mol. The van der Waals surface area contributed by atoms with Gasteiger partial charge in [0.15, 0.2) is 0 Å². The zero-order valence-electron chi connectivity index (χ0n) is 19.9. The van der Waals surface area contributed by atoms with Crippen LogP contribution in [0.5, 0.6) is 5.88 Å². The fourth-order valence-corrected chi connectivity index (χ4v) is 5.03. The number of rotatable bonds is 7. The van der Waals surface area contributed by atoms with Gasteiger partial charge in [-0.2, -0.15) is 0 Å². The summed E-state index contributed by atoms with van der Waals surface area (Å²) in [6.45, 7) is 0. The summed E-state index contributed by atoms with van der Waals surface area (Å²) in [5.41, 5.74) is 2.79. The largest absolute Gasteiger partial charge is 0.480 e. The van der Waals surface area contributed by atoms with Crippen molar-refractivity contribution < 1.29 is 26.3 Å². The lowest BCUT2D eigenvalue weighted by molar-refractivity contribution is 0.400. The standard InChI is InChI=1S/C26H17ClF3N5O3S/c1-38-26-23(35-39(36,37)24-7-2-15(28)11-19(24)30)10-14(13-32-26)20-5-6-21-25(34-20)22(8-9-31-21)33-16-3-4-18(29)17(27)12-16/h2-13,35H,1H3,(H,31,33). The first-order valence-corrected chi connectivity index (χ1v) is 13.0. The summed E-state index contributed by atoms with van der Waals surface area (Å²) in [4.78, 5) is 12.4. The summed E-state index contributed by atoms with van der Waals surface area (Å²) in [6, 6.07) is 12.8. The first-order valence-electron chi connectivity index (χ1n) is 11.1. The molecule has 0 radical (unpaired) electrons. The number of ether oxygens (including phenoxy) is 1. The third-order valence-electron chi connectivity index (χ3n) is 5.55. The van der Waals surface area contributed by atoms with E-state index in [-0.39, 0.29) is 16.6 Å². The summed E-state index contributed by atoms with van der Waals surface area (Å²) >= 11 is 5.90. The highest BCUT2D eigenvalue weighted by atomic mass is 35.5. The first kappa shape index (κ1) is 26.2. The molecule has 13 heteroatoms. The molecule has 0 aliphatic carbocycles. The minimum absolute atomic E-state index is 0.0492. The van der Waals surface area contributed by atoms with Crippen LogP contribution in [0.1, 0.15) is 0 Å². The van der Waals surface area contributed by atoms with Gasteiger partial charge in [0.2, 0.25) is 5.88 Å². The van der Waals surface area contributed by atoms with E-state index < -0.39 is 32.4 Å². The van der Waals surface area contributed by atoms with E-state index in [0.717, 1.165) is 12.1 Å². The quantitative estimate of drug-likeness (QED) is 0.236. The van der Waals surface area contributed by atoms with Crippen molar-refractivity contribution in [2.75, 3.05) is 17.1 Å². The van der Waals surface area contributed by atoms with Crippen LogP contribution in [-0.2, 0) is 10.0 Å². The first-order chi connectivity index (χ1) is 18.6. The smallest absolute Gasteiger partial charge is 0.264 e. The summed E-state index contributed by atoms with van der Waals surface area (Å²) in [5.74, 6) is -2.80. The van der Waals surface area contributed by atoms with Gasteiger partial charge in [0.05, 0.1) is 29.0 Å². The summed E-state index contributed by atoms with van der Waals surface area (Å²) in [6.07, 6.45) is 3.00. The lowest BCUT2D eigenvalue weighted by atomic mass is 10.1. The molecule has 0 saturated carbocycles. The van der Waals surface area contributed by atoms with Crippen molar-refractivity contribution in [2.45, 2.75) is 4.90 Å². The molecule has 5 rings (SSSR count). The van der Waals surface area contributed by atoms with E-state index in [1.807, 2.05) is 0 Å². The van der Waals surface area contributed by atoms with Crippen LogP contribution in [0.15, 0.2) is 78.0 Å². The number of sulfonamides is 1. The van der Waals surface area contributed by atoms with E-state index in [9.17, 15) is 21.6 Å². The van der Waals surface area contributed by atoms with Crippen LogP contribution in [0.3, 0.4) is 0 Å². The number of hydrogen-bond donors (Lipinski definition) is 2. The zero-order valence-corrected chi connectivity index (χ0v) is 21.5. The monoisotopic (exact) mass is 571 g/mol. The molecule has 3 aromatic heterocycles. The number of benzene rings is 2. The van der Waals surface area contributed by atoms with Crippen LogP contribution in [0.2, 0.25) is 5.02 Å². The maximum Gasteiger partial charge on any atom is 0.264 e. The maximum absolute atomic E-state index is 14.2. The van der Waals surface area contributed by atoms with Gasteiger partial charge in [0.25, 0.3) is 10.0 Å². The van der Waals surface area contributed by atoms with Gasteiger partial charge in [0, 0.05) is 29.7 Å². The Bertz CT molecular complexity index is 1840. The summed E-state index contributed by atoms with van der Waals surface area (Å²) < 4.78 is 74.2. The molecule has 0 fully saturated rings. The molecule has 0 spiro atoms. The van der Waals surface area contributed by atoms with Crippen LogP contribution in [0.4, 0.5) is 30.2 Å². The van der Waals surface area contributed by atoms with Crippen LogP contribution >= 0.6 is 11.6 Å². The van der Waals surface area contributed by atoms with Gasteiger partial charge in [-0.05, 0) is 54.6 Å². The van der Waals surface area contributed by atoms with Crippen molar-refractivity contribution in [3.8, 4) is 17.1 Å². The van der Waals surface area contributed by atoms with Gasteiger partial charge in [0.1, 0.15) is 33.6 Å². The molecule has 2 aromatic carbocycles. The minimum Gasteiger partial charge on any atom is -0.480 e. The van der Waals surface area contributed by atoms with Gasteiger partial charge in [-0.1, -0.05) is 11.6 Å². The molecule has 2 N–H and O–H groups in total. The Kier molecular flexibility index (Phi) is 6.98. The normalized spacial score (nSPS) is 11.4. The number of halogens is 4. The second-order valence-electron chi connectivity index (χ2n) is 8.14. The molecule has 0 aliphatic heterocycles. The van der Waals surface area contributed by atoms with Crippen LogP contribution < -0.4 is 14.8 Å². The predicted molar refractivity (Wildman–Crippen MR) is 141 cm³/mol. The Labute approximate surface area is 225 Å². The topological polar surface area (TPSA) is 106 Å². The van der Waals surface area contributed by atoms with E-state index in [4.69, 9.17) is 16.3 Å². The van der Waals surface area contributed by atoms with Gasteiger partial charge in [-0.3, -0.25) is 9.71 Å². The van der Waals surface area contributed by atoms with Gasteiger partial charge in [-0.15, -0.1) is 0 Å². The van der Waals surface area contributed by atoms with Gasteiger partial charge >= 0.3 is 0 Å². The van der Waals surface area contributed by atoms with Crippen molar-refractivity contribution in [1.29, 1.82) is 0 Å². The van der Waals surface area contributed by atoms with Crippen molar-refractivity contribution >= 4 is 49.7 Å². The number of nitrogens with zero attached hydrogens (tertiary/aromatic N) is 3. The van der Waals surface area contributed by atoms with Crippen molar-refractivity contribution in [1.82, 2.24) is 15.0 Å². The van der Waals surface area contributed by atoms with E-state index in [1.165, 1.54) is 37.6 Å².